The van der Waals surface area contributed by atoms with Gasteiger partial charge in [-0.05, 0) is 0 Å². The number of ether oxygens (including phenoxy) is 5. The third kappa shape index (κ3) is 8.51. The maximum Gasteiger partial charge on any atom is 1.00 e. The van der Waals surface area contributed by atoms with Gasteiger partial charge in [-0.3, -0.25) is 4.79 Å². The van der Waals surface area contributed by atoms with Crippen LogP contribution >= 0.6 is 0 Å². The van der Waals surface area contributed by atoms with Crippen LogP contribution in [0.2, 0.25) is 0 Å². The molecule has 3 heterocycles. The Hall–Kier alpha value is -0.170. The van der Waals surface area contributed by atoms with Crippen LogP contribution in [0.3, 0.4) is 0 Å². The van der Waals surface area contributed by atoms with Crippen molar-refractivity contribution in [2.45, 2.75) is 105 Å². The number of aliphatic hydroxyl groups excluding tert-OH is 11. The molecular weight excluding hydrogens is 573 g/mol. The van der Waals surface area contributed by atoms with Crippen molar-refractivity contribution >= 4 is 5.91 Å². The van der Waals surface area contributed by atoms with Gasteiger partial charge < -0.3 is 85.2 Å². The molecule has 5 unspecified atom stereocenters. The molecule has 3 aliphatic heterocycles. The summed E-state index contributed by atoms with van der Waals surface area (Å²) in [6.45, 7) is -1.38. The number of hydrogen-bond acceptors (Lipinski definition) is 17. The Labute approximate surface area is 256 Å². The number of hydrogen-bond donors (Lipinski definition) is 12. The Kier molecular flexibility index (Phi) is 14.7. The fraction of sp³-hybridized carbons (Fsp3) is 0.909. The largest absolute Gasteiger partial charge is 1.00 e. The first-order valence-electron chi connectivity index (χ1n) is 12.5. The molecule has 0 spiro atoms. The van der Waals surface area contributed by atoms with Crippen LogP contribution in [0.4, 0.5) is 0 Å². The van der Waals surface area contributed by atoms with Crippen molar-refractivity contribution in [3.05, 3.63) is 6.29 Å². The summed E-state index contributed by atoms with van der Waals surface area (Å²) in [4.78, 5) is 11.6. The van der Waals surface area contributed by atoms with Gasteiger partial charge in [0.15, 0.2) is 12.6 Å². The van der Waals surface area contributed by atoms with Gasteiger partial charge in [-0.2, -0.15) is 0 Å². The van der Waals surface area contributed by atoms with Crippen LogP contribution in [0, 0.1) is 6.29 Å². The summed E-state index contributed by atoms with van der Waals surface area (Å²) in [7, 11) is 0. The minimum Gasteiger partial charge on any atom is -0.516 e. The van der Waals surface area contributed by atoms with E-state index in [4.69, 9.17) is 23.7 Å². The van der Waals surface area contributed by atoms with Crippen molar-refractivity contribution in [2.24, 2.45) is 0 Å². The Bertz CT molecular complexity index is 814. The van der Waals surface area contributed by atoms with E-state index in [0.29, 0.717) is 0 Å². The zero-order valence-electron chi connectivity index (χ0n) is 22.4. The van der Waals surface area contributed by atoms with Gasteiger partial charge >= 0.3 is 29.6 Å². The molecule has 15 atom stereocenters. The average Bonchev–Trinajstić information content (AvgIpc) is 2.92. The van der Waals surface area contributed by atoms with E-state index in [2.05, 4.69) is 5.32 Å². The first kappa shape index (κ1) is 37.0. The molecule has 0 aliphatic carbocycles. The zero-order chi connectivity index (χ0) is 29.9. The molecule has 12 N–H and O–H groups in total. The number of amides is 1. The van der Waals surface area contributed by atoms with Gasteiger partial charge in [-0.1, -0.05) is 6.29 Å². The third-order valence-corrected chi connectivity index (χ3v) is 6.92. The summed E-state index contributed by atoms with van der Waals surface area (Å²) < 4.78 is 27.1. The number of rotatable bonds is 10. The van der Waals surface area contributed by atoms with E-state index < -0.39 is 130 Å². The molecular formula is C22H38NNaO17. The molecule has 18 nitrogen and oxygen atoms in total. The van der Waals surface area contributed by atoms with Gasteiger partial charge in [0.2, 0.25) is 5.91 Å². The quantitative estimate of drug-likeness (QED) is 0.0806. The number of carbonyl (C=O) groups excluding carboxylic acids is 1. The minimum absolute atomic E-state index is 0. The summed E-state index contributed by atoms with van der Waals surface area (Å²) in [6, 6.07) is -1.27. The summed E-state index contributed by atoms with van der Waals surface area (Å²) >= 11 is 0. The number of carbonyl (C=O) groups is 1. The van der Waals surface area contributed by atoms with E-state index in [1.807, 2.05) is 0 Å². The molecule has 0 radical (unpaired) electrons. The molecule has 0 aromatic rings. The number of aliphatic hydroxyl groups is 11. The Morgan fingerprint density at radius 1 is 0.927 bits per heavy atom. The second kappa shape index (κ2) is 16.2. The summed E-state index contributed by atoms with van der Waals surface area (Å²) in [5.41, 5.74) is 0. The van der Waals surface area contributed by atoms with E-state index in [0.717, 1.165) is 6.92 Å². The van der Waals surface area contributed by atoms with Gasteiger partial charge in [0.25, 0.3) is 0 Å². The first-order valence-corrected chi connectivity index (χ1v) is 12.5. The standard InChI is InChI=1S/C22H38NO17.Na/c1-6(27)23-12-7(28)2-11(38-19(12)13(30)8(29)3-24)39-20-14(31)9(4-25)37-22(17(20)34)40-18-10(5-26)36-21(35)16(33)15(18)32;/h7-10,12-22,24-26,28-35H,2-5H2,1H3,(H,23,27);/q-1;+1/t7-,8-,9?,10?,12-,13-,14+,15-,16?,17?,18-,19?,20+,21-,22+;/m1./s1. The molecule has 0 aromatic carbocycles. The molecule has 3 aliphatic rings. The summed E-state index contributed by atoms with van der Waals surface area (Å²) in [6.07, 6.45) is -24.7. The van der Waals surface area contributed by atoms with E-state index in [1.54, 1.807) is 0 Å². The van der Waals surface area contributed by atoms with Gasteiger partial charge in [-0.25, -0.2) is 0 Å². The predicted octanol–water partition coefficient (Wildman–Crippen LogP) is -10.5. The topological polar surface area (TPSA) is 298 Å². The Morgan fingerprint density at radius 2 is 1.56 bits per heavy atom. The summed E-state index contributed by atoms with van der Waals surface area (Å²) in [5.74, 6) is -0.610. The van der Waals surface area contributed by atoms with Crippen molar-refractivity contribution < 1.29 is 114 Å². The van der Waals surface area contributed by atoms with Crippen LogP contribution in [-0.2, 0) is 28.5 Å². The Balaban J connectivity index is 0.00000588. The molecule has 0 saturated carbocycles. The maximum absolute atomic E-state index is 11.6. The van der Waals surface area contributed by atoms with E-state index >= 15 is 0 Å². The molecule has 3 rings (SSSR count). The van der Waals surface area contributed by atoms with Gasteiger partial charge in [0.05, 0.1) is 44.2 Å². The fourth-order valence-electron chi connectivity index (χ4n) is 4.73. The normalized spacial score (nSPS) is 43.6. The number of nitrogens with one attached hydrogen (secondary N) is 1. The van der Waals surface area contributed by atoms with Gasteiger partial charge in [0.1, 0.15) is 54.9 Å². The minimum atomic E-state index is -1.92. The van der Waals surface area contributed by atoms with Crippen LogP contribution in [-0.4, -0.2) is 174 Å². The van der Waals surface area contributed by atoms with Crippen molar-refractivity contribution in [1.29, 1.82) is 0 Å². The van der Waals surface area contributed by atoms with Crippen molar-refractivity contribution in [1.82, 2.24) is 5.32 Å². The second-order valence-corrected chi connectivity index (χ2v) is 9.81. The van der Waals surface area contributed by atoms with E-state index in [1.165, 1.54) is 0 Å². The average molecular weight is 612 g/mol. The molecule has 3 saturated heterocycles. The molecule has 3 fully saturated rings. The fourth-order valence-corrected chi connectivity index (χ4v) is 4.73. The maximum atomic E-state index is 11.6. The monoisotopic (exact) mass is 611 g/mol. The SMILES string of the molecule is CC(=O)N[C@H]1C([C@H](O)[C@H](O)CO)O[C-](O[C@@H]2C(O)[C@H](O[C@@H]3C(CO)O[C@@H](O)C(O)[C@H]3O)OC(CO)[C@@H]2O)C[C@H]1O.[Na+]. The predicted molar refractivity (Wildman–Crippen MR) is 123 cm³/mol. The molecule has 234 valence electrons. The Morgan fingerprint density at radius 3 is 2.12 bits per heavy atom. The van der Waals surface area contributed by atoms with Crippen LogP contribution in [0.25, 0.3) is 0 Å². The first-order chi connectivity index (χ1) is 18.8. The molecule has 1 amide bonds. The van der Waals surface area contributed by atoms with Gasteiger partial charge in [0, 0.05) is 6.92 Å². The van der Waals surface area contributed by atoms with Crippen LogP contribution < -0.4 is 34.9 Å². The van der Waals surface area contributed by atoms with Crippen LogP contribution in [0.5, 0.6) is 0 Å². The zero-order valence-corrected chi connectivity index (χ0v) is 24.4. The smallest absolute Gasteiger partial charge is 0.516 e. The third-order valence-electron chi connectivity index (χ3n) is 6.92. The molecule has 0 bridgehead atoms. The van der Waals surface area contributed by atoms with E-state index in [9.17, 15) is 61.0 Å². The molecule has 41 heavy (non-hydrogen) atoms. The second-order valence-electron chi connectivity index (χ2n) is 9.81. The molecule has 19 heteroatoms. The van der Waals surface area contributed by atoms with Gasteiger partial charge in [-0.15, -0.1) is 6.42 Å². The van der Waals surface area contributed by atoms with Crippen molar-refractivity contribution in [3.63, 3.8) is 0 Å². The molecule has 0 aromatic heterocycles. The van der Waals surface area contributed by atoms with Crippen molar-refractivity contribution in [2.75, 3.05) is 19.8 Å². The van der Waals surface area contributed by atoms with E-state index in [-0.39, 0.29) is 29.6 Å². The van der Waals surface area contributed by atoms with Crippen LogP contribution in [0.1, 0.15) is 13.3 Å². The van der Waals surface area contributed by atoms with Crippen LogP contribution in [0.15, 0.2) is 0 Å². The summed E-state index contributed by atoms with van der Waals surface area (Å²) in [5, 5.41) is 114. The van der Waals surface area contributed by atoms with Crippen molar-refractivity contribution in [3.8, 4) is 0 Å².